The lowest BCUT2D eigenvalue weighted by molar-refractivity contribution is -0.0388. The molecule has 0 aliphatic carbocycles. The topological polar surface area (TPSA) is 80.9 Å². The van der Waals surface area contributed by atoms with Gasteiger partial charge in [-0.2, -0.15) is 0 Å². The minimum absolute atomic E-state index is 3.78. The first-order valence-corrected chi connectivity index (χ1v) is 1.64. The van der Waals surface area contributed by atoms with Crippen LogP contribution >= 0.6 is 0 Å². The maximum Gasteiger partial charge on any atom is 0.105 e. The molecule has 0 saturated carbocycles. The monoisotopic (exact) mass is 128 g/mol. The summed E-state index contributed by atoms with van der Waals surface area (Å²) in [5.74, 6) is 0. The first-order valence-electron chi connectivity index (χ1n) is 4.64. The quantitative estimate of drug-likeness (QED) is 0.344. The molecule has 0 aliphatic rings. The summed E-state index contributed by atoms with van der Waals surface area (Å²) in [6.07, 6.45) is -7.89. The Balaban J connectivity index is 5.30. The second kappa shape index (κ2) is 3.80. The molecule has 0 fully saturated rings. The SMILES string of the molecule is [2H]C([2H])(O)C([2H])(O)C([2H])(O)C([2H])([2H])O. The van der Waals surface area contributed by atoms with E-state index in [1.54, 1.807) is 0 Å². The first kappa shape index (κ1) is 2.22. The van der Waals surface area contributed by atoms with Crippen LogP contribution < -0.4 is 0 Å². The van der Waals surface area contributed by atoms with Gasteiger partial charge in [-0.3, -0.25) is 0 Å². The van der Waals surface area contributed by atoms with Gasteiger partial charge in [0, 0.05) is 0 Å². The van der Waals surface area contributed by atoms with Gasteiger partial charge in [0.15, 0.2) is 0 Å². The molecule has 4 heteroatoms. The van der Waals surface area contributed by atoms with Crippen molar-refractivity contribution in [3.8, 4) is 0 Å². The summed E-state index contributed by atoms with van der Waals surface area (Å²) in [4.78, 5) is 0. The molecule has 0 aromatic carbocycles. The number of hydrogen-bond acceptors (Lipinski definition) is 4. The van der Waals surface area contributed by atoms with Gasteiger partial charge in [-0.25, -0.2) is 0 Å². The van der Waals surface area contributed by atoms with Gasteiger partial charge in [0.05, 0.1) is 21.3 Å². The normalized spacial score (nSPS) is 40.5. The van der Waals surface area contributed by atoms with E-state index in [1.165, 1.54) is 0 Å². The Bertz CT molecular complexity index is 191. The average molecular weight is 128 g/mol. The summed E-state index contributed by atoms with van der Waals surface area (Å²) in [7, 11) is 0. The molecule has 4 nitrogen and oxygen atoms in total. The molecule has 0 aliphatic heterocycles. The van der Waals surface area contributed by atoms with E-state index in [1.807, 2.05) is 0 Å². The molecule has 0 heterocycles. The van der Waals surface area contributed by atoms with Crippen molar-refractivity contribution in [1.82, 2.24) is 0 Å². The van der Waals surface area contributed by atoms with E-state index in [2.05, 4.69) is 0 Å². The van der Waals surface area contributed by atoms with E-state index >= 15 is 0 Å². The molecule has 2 unspecified atom stereocenters. The van der Waals surface area contributed by atoms with E-state index in [4.69, 9.17) is 28.7 Å². The van der Waals surface area contributed by atoms with E-state index in [9.17, 15) is 0 Å². The van der Waals surface area contributed by atoms with Crippen LogP contribution in [0.25, 0.3) is 0 Å². The third kappa shape index (κ3) is 2.23. The molecule has 0 saturated heterocycles. The molecule has 0 amide bonds. The van der Waals surface area contributed by atoms with Gasteiger partial charge in [-0.05, 0) is 0 Å². The van der Waals surface area contributed by atoms with E-state index in [-0.39, 0.29) is 0 Å². The van der Waals surface area contributed by atoms with Crippen molar-refractivity contribution in [2.75, 3.05) is 13.1 Å². The van der Waals surface area contributed by atoms with Gasteiger partial charge < -0.3 is 20.4 Å². The summed E-state index contributed by atoms with van der Waals surface area (Å²) in [6.45, 7) is -7.56. The molecular weight excluding hydrogens is 112 g/mol. The Labute approximate surface area is 55.4 Å². The Hall–Kier alpha value is -0.160. The van der Waals surface area contributed by atoms with Crippen LogP contribution in [0.4, 0.5) is 0 Å². The van der Waals surface area contributed by atoms with Gasteiger partial charge in [-0.1, -0.05) is 0 Å². The molecule has 4 N–H and O–H groups in total. The van der Waals surface area contributed by atoms with Crippen molar-refractivity contribution in [2.24, 2.45) is 0 Å². The number of hydrogen-bond donors (Lipinski definition) is 4. The van der Waals surface area contributed by atoms with Crippen LogP contribution in [0.1, 0.15) is 8.22 Å². The minimum atomic E-state index is -3.95. The lowest BCUT2D eigenvalue weighted by Crippen LogP contribution is -2.31. The Kier molecular flexibility index (Phi) is 1.06. The van der Waals surface area contributed by atoms with E-state index < -0.39 is 25.3 Å². The maximum atomic E-state index is 8.92. The van der Waals surface area contributed by atoms with Crippen molar-refractivity contribution < 1.29 is 28.7 Å². The minimum Gasteiger partial charge on any atom is -0.394 e. The maximum absolute atomic E-state index is 8.92. The molecule has 0 radical (unpaired) electrons. The van der Waals surface area contributed by atoms with Crippen LogP contribution in [0.5, 0.6) is 0 Å². The van der Waals surface area contributed by atoms with Crippen LogP contribution in [0.15, 0.2) is 0 Å². The highest BCUT2D eigenvalue weighted by atomic mass is 16.4. The molecule has 0 bridgehead atoms. The van der Waals surface area contributed by atoms with Crippen LogP contribution in [-0.2, 0) is 0 Å². The molecule has 0 rings (SSSR count). The fourth-order valence-corrected chi connectivity index (χ4v) is 0.106. The zero-order chi connectivity index (χ0) is 12.0. The zero-order valence-corrected chi connectivity index (χ0v) is 3.79. The largest absolute Gasteiger partial charge is 0.394 e. The fraction of sp³-hybridized carbons (Fsp3) is 1.00. The highest BCUT2D eigenvalue weighted by Crippen LogP contribution is 1.88. The van der Waals surface area contributed by atoms with Gasteiger partial charge in [-0.15, -0.1) is 0 Å². The van der Waals surface area contributed by atoms with Gasteiger partial charge in [0.2, 0.25) is 0 Å². The number of rotatable bonds is 3. The molecule has 8 heavy (non-hydrogen) atoms. The lowest BCUT2D eigenvalue weighted by atomic mass is 10.2. The molecule has 0 spiro atoms. The Morgan fingerprint density at radius 1 is 1.25 bits per heavy atom. The second-order valence-corrected chi connectivity index (χ2v) is 0.921. The number of aliphatic hydroxyl groups is 4. The van der Waals surface area contributed by atoms with Crippen molar-refractivity contribution in [3.63, 3.8) is 0 Å². The van der Waals surface area contributed by atoms with Crippen LogP contribution in [-0.4, -0.2) is 45.7 Å². The average Bonchev–Trinajstić information content (AvgIpc) is 1.81. The van der Waals surface area contributed by atoms with Gasteiger partial charge in [0.1, 0.15) is 12.2 Å². The van der Waals surface area contributed by atoms with Crippen molar-refractivity contribution >= 4 is 0 Å². The predicted molar refractivity (Wildman–Crippen MR) is 26.2 cm³/mol. The molecule has 0 aromatic rings. The van der Waals surface area contributed by atoms with Gasteiger partial charge >= 0.3 is 0 Å². The Morgan fingerprint density at radius 3 is 1.62 bits per heavy atom. The fourth-order valence-electron chi connectivity index (χ4n) is 0.106. The molecule has 2 atom stereocenters. The van der Waals surface area contributed by atoms with Crippen molar-refractivity contribution in [2.45, 2.75) is 12.2 Å². The first-order chi connectivity index (χ1) is 5.75. The summed E-state index contributed by atoms with van der Waals surface area (Å²) >= 11 is 0. The second-order valence-electron chi connectivity index (χ2n) is 0.921. The molecule has 0 aromatic heterocycles. The lowest BCUT2D eigenvalue weighted by Gasteiger charge is -2.10. The summed E-state index contributed by atoms with van der Waals surface area (Å²) < 4.78 is 39.4. The summed E-state index contributed by atoms with van der Waals surface area (Å²) in [5.41, 5.74) is 0. The van der Waals surface area contributed by atoms with E-state index in [0.717, 1.165) is 0 Å². The molecule has 50 valence electrons. The standard InChI is InChI=1S/C4H10O4/c5-1-3(7)4(8)2-6/h3-8H,1-2H2/i1D2,2D2,3D,4D. The third-order valence-electron chi connectivity index (χ3n) is 0.436. The summed E-state index contributed by atoms with van der Waals surface area (Å²) in [6, 6.07) is 0. The smallest absolute Gasteiger partial charge is 0.105 e. The predicted octanol–water partition coefficient (Wildman–Crippen LogP) is -2.31. The van der Waals surface area contributed by atoms with Crippen LogP contribution in [0, 0.1) is 0 Å². The molecular formula is C4H10O4. The Morgan fingerprint density at radius 2 is 1.50 bits per heavy atom. The zero-order valence-electron chi connectivity index (χ0n) is 9.79. The van der Waals surface area contributed by atoms with Crippen LogP contribution in [0.2, 0.25) is 0 Å². The highest BCUT2D eigenvalue weighted by molar-refractivity contribution is 4.62. The van der Waals surface area contributed by atoms with Crippen molar-refractivity contribution in [1.29, 1.82) is 0 Å². The third-order valence-corrected chi connectivity index (χ3v) is 0.436. The summed E-state index contributed by atoms with van der Waals surface area (Å²) in [5, 5.41) is 35.0. The van der Waals surface area contributed by atoms with Crippen molar-refractivity contribution in [3.05, 3.63) is 0 Å². The van der Waals surface area contributed by atoms with Crippen LogP contribution in [0.3, 0.4) is 0 Å². The highest BCUT2D eigenvalue weighted by Gasteiger charge is 2.12. The van der Waals surface area contributed by atoms with Gasteiger partial charge in [0.25, 0.3) is 0 Å². The van der Waals surface area contributed by atoms with E-state index in [0.29, 0.717) is 0 Å².